The van der Waals surface area contributed by atoms with Crippen LogP contribution < -0.4 is 10.2 Å². The minimum Gasteiger partial charge on any atom is -0.365 e. The molecule has 0 unspecified atom stereocenters. The van der Waals surface area contributed by atoms with Gasteiger partial charge < -0.3 is 10.2 Å². The first kappa shape index (κ1) is 18.4. The van der Waals surface area contributed by atoms with Crippen molar-refractivity contribution in [3.63, 3.8) is 0 Å². The van der Waals surface area contributed by atoms with Gasteiger partial charge in [0.1, 0.15) is 11.6 Å². The molecule has 2 aromatic rings. The number of aryl methyl sites for hydroxylation is 1. The van der Waals surface area contributed by atoms with Crippen LogP contribution in [0.4, 0.5) is 15.9 Å². The summed E-state index contributed by atoms with van der Waals surface area (Å²) >= 11 is 0. The van der Waals surface area contributed by atoms with Crippen molar-refractivity contribution in [2.45, 2.75) is 47.1 Å². The third-order valence-corrected chi connectivity index (χ3v) is 4.46. The number of pyridine rings is 1. The first-order chi connectivity index (χ1) is 12.2. The van der Waals surface area contributed by atoms with Gasteiger partial charge in [-0.1, -0.05) is 32.9 Å². The maximum atomic E-state index is 13.1. The van der Waals surface area contributed by atoms with Crippen LogP contribution in [0.15, 0.2) is 30.3 Å². The van der Waals surface area contributed by atoms with E-state index in [0.717, 1.165) is 42.0 Å². The summed E-state index contributed by atoms with van der Waals surface area (Å²) in [4.78, 5) is 19.2. The van der Waals surface area contributed by atoms with Crippen LogP contribution in [0.25, 0.3) is 0 Å². The van der Waals surface area contributed by atoms with E-state index in [1.807, 2.05) is 39.8 Å². The predicted octanol–water partition coefficient (Wildman–Crippen LogP) is 4.47. The highest BCUT2D eigenvalue weighted by atomic mass is 19.1. The second kappa shape index (κ2) is 7.06. The first-order valence-corrected chi connectivity index (χ1v) is 9.01. The van der Waals surface area contributed by atoms with Crippen molar-refractivity contribution in [2.24, 2.45) is 5.41 Å². The summed E-state index contributed by atoms with van der Waals surface area (Å²) in [5.41, 5.74) is 4.07. The summed E-state index contributed by atoms with van der Waals surface area (Å²) in [5.74, 6) is 0.430. The monoisotopic (exact) mass is 355 g/mol. The Morgan fingerprint density at radius 2 is 1.96 bits per heavy atom. The molecule has 1 aromatic carbocycles. The number of fused-ring (bicyclic) bond motifs is 1. The molecule has 0 saturated heterocycles. The smallest absolute Gasteiger partial charge is 0.226 e. The highest BCUT2D eigenvalue weighted by Gasteiger charge is 2.23. The quantitative estimate of drug-likeness (QED) is 0.880. The zero-order valence-corrected chi connectivity index (χ0v) is 15.9. The topological polar surface area (TPSA) is 45.2 Å². The van der Waals surface area contributed by atoms with Crippen LogP contribution >= 0.6 is 0 Å². The van der Waals surface area contributed by atoms with Gasteiger partial charge in [-0.05, 0) is 41.7 Å². The number of rotatable bonds is 4. The number of anilines is 2. The molecule has 1 amide bonds. The number of nitrogens with one attached hydrogen (secondary N) is 1. The minimum atomic E-state index is -0.219. The van der Waals surface area contributed by atoms with E-state index >= 15 is 0 Å². The van der Waals surface area contributed by atoms with Crippen LogP contribution in [-0.4, -0.2) is 17.4 Å². The van der Waals surface area contributed by atoms with E-state index in [0.29, 0.717) is 12.2 Å². The molecule has 0 aliphatic carbocycles. The molecule has 1 N–H and O–H groups in total. The van der Waals surface area contributed by atoms with Crippen LogP contribution in [0.3, 0.4) is 0 Å². The summed E-state index contributed by atoms with van der Waals surface area (Å²) in [6.45, 7) is 9.70. The van der Waals surface area contributed by atoms with Gasteiger partial charge in [0.25, 0.3) is 0 Å². The average Bonchev–Trinajstić information content (AvgIpc) is 2.90. The molecule has 1 aliphatic rings. The molecular weight excluding hydrogens is 329 g/mol. The third-order valence-electron chi connectivity index (χ3n) is 4.46. The van der Waals surface area contributed by atoms with Crippen LogP contribution in [0.2, 0.25) is 0 Å². The Bertz CT molecular complexity index is 809. The van der Waals surface area contributed by atoms with Gasteiger partial charge in [0.15, 0.2) is 0 Å². The van der Waals surface area contributed by atoms with Gasteiger partial charge in [0, 0.05) is 25.9 Å². The van der Waals surface area contributed by atoms with Gasteiger partial charge in [0.05, 0.1) is 11.4 Å². The number of nitrogens with zero attached hydrogens (tertiary/aromatic N) is 2. The van der Waals surface area contributed by atoms with E-state index in [-0.39, 0.29) is 17.1 Å². The van der Waals surface area contributed by atoms with Crippen molar-refractivity contribution >= 4 is 17.4 Å². The van der Waals surface area contributed by atoms with Gasteiger partial charge in [-0.25, -0.2) is 9.37 Å². The van der Waals surface area contributed by atoms with Gasteiger partial charge in [-0.3, -0.25) is 4.79 Å². The van der Waals surface area contributed by atoms with Gasteiger partial charge in [-0.15, -0.1) is 0 Å². The van der Waals surface area contributed by atoms with Crippen molar-refractivity contribution in [3.05, 3.63) is 53.0 Å². The number of hydrogen-bond donors (Lipinski definition) is 1. The Morgan fingerprint density at radius 3 is 2.62 bits per heavy atom. The Balaban J connectivity index is 1.75. The van der Waals surface area contributed by atoms with E-state index in [2.05, 4.69) is 16.3 Å². The lowest BCUT2D eigenvalue weighted by atomic mass is 9.92. The highest BCUT2D eigenvalue weighted by molar-refractivity contribution is 5.91. The first-order valence-electron chi connectivity index (χ1n) is 9.01. The van der Waals surface area contributed by atoms with Crippen molar-refractivity contribution in [1.29, 1.82) is 0 Å². The lowest BCUT2D eigenvalue weighted by Crippen LogP contribution is -2.21. The average molecular weight is 355 g/mol. The van der Waals surface area contributed by atoms with E-state index in [1.165, 1.54) is 12.1 Å². The molecule has 0 bridgehead atoms. The van der Waals surface area contributed by atoms with Crippen LogP contribution in [0.5, 0.6) is 0 Å². The van der Waals surface area contributed by atoms with Gasteiger partial charge in [0.2, 0.25) is 5.91 Å². The predicted molar refractivity (Wildman–Crippen MR) is 103 cm³/mol. The van der Waals surface area contributed by atoms with Crippen molar-refractivity contribution < 1.29 is 9.18 Å². The maximum absolute atomic E-state index is 13.1. The molecule has 138 valence electrons. The molecule has 3 rings (SSSR count). The zero-order valence-electron chi connectivity index (χ0n) is 15.9. The number of aromatic nitrogens is 1. The van der Waals surface area contributed by atoms with Gasteiger partial charge in [-0.2, -0.15) is 0 Å². The number of carbonyl (C=O) groups is 1. The molecule has 4 nitrogen and oxygen atoms in total. The summed E-state index contributed by atoms with van der Waals surface area (Å²) in [7, 11) is 0. The molecule has 0 fully saturated rings. The van der Waals surface area contributed by atoms with Crippen molar-refractivity contribution in [2.75, 3.05) is 16.8 Å². The van der Waals surface area contributed by atoms with Crippen molar-refractivity contribution in [3.8, 4) is 0 Å². The maximum Gasteiger partial charge on any atom is 0.226 e. The molecule has 0 saturated carbocycles. The summed E-state index contributed by atoms with van der Waals surface area (Å²) in [5, 5.41) is 2.96. The number of carbonyl (C=O) groups excluding carboxylic acids is 1. The Morgan fingerprint density at radius 1 is 1.27 bits per heavy atom. The molecule has 26 heavy (non-hydrogen) atoms. The Labute approximate surface area is 154 Å². The third kappa shape index (κ3) is 4.40. The second-order valence-corrected chi connectivity index (χ2v) is 8.20. The van der Waals surface area contributed by atoms with Gasteiger partial charge >= 0.3 is 0 Å². The Hall–Kier alpha value is -2.43. The van der Waals surface area contributed by atoms with E-state index in [9.17, 15) is 9.18 Å². The Kier molecular flexibility index (Phi) is 4.99. The summed E-state index contributed by atoms with van der Waals surface area (Å²) in [6, 6.07) is 8.70. The molecule has 0 spiro atoms. The fourth-order valence-electron chi connectivity index (χ4n) is 3.22. The lowest BCUT2D eigenvalue weighted by molar-refractivity contribution is -0.117. The molecule has 5 heteroatoms. The fraction of sp³-hybridized carbons (Fsp3) is 0.429. The normalized spacial score (nSPS) is 13.7. The molecule has 1 aromatic heterocycles. The van der Waals surface area contributed by atoms with Crippen molar-refractivity contribution in [1.82, 2.24) is 4.98 Å². The number of hydrogen-bond acceptors (Lipinski definition) is 3. The van der Waals surface area contributed by atoms with Crippen LogP contribution in [-0.2, 0) is 17.8 Å². The number of halogens is 1. The minimum absolute atomic E-state index is 0.00536. The fourth-order valence-corrected chi connectivity index (χ4v) is 3.22. The summed E-state index contributed by atoms with van der Waals surface area (Å²) < 4.78 is 13.1. The molecular formula is C21H26FN3O. The number of benzene rings is 1. The summed E-state index contributed by atoms with van der Waals surface area (Å²) in [6.07, 6.45) is 1.31. The molecule has 0 atom stereocenters. The van der Waals surface area contributed by atoms with E-state index < -0.39 is 0 Å². The number of amides is 1. The highest BCUT2D eigenvalue weighted by Crippen LogP contribution is 2.32. The van der Waals surface area contributed by atoms with E-state index in [1.54, 1.807) is 0 Å². The standard InChI is InChI=1S/C21H26FN3O/c1-14-11-18-17(23-20(14)24-19(26)12-21(2,3)4)9-10-25(18)13-15-5-7-16(22)8-6-15/h5-8,11H,9-10,12-13H2,1-4H3,(H,23,24,26). The molecule has 0 radical (unpaired) electrons. The van der Waals surface area contributed by atoms with Crippen LogP contribution in [0.1, 0.15) is 44.0 Å². The zero-order chi connectivity index (χ0) is 18.9. The molecule has 2 heterocycles. The largest absolute Gasteiger partial charge is 0.365 e. The van der Waals surface area contributed by atoms with Crippen LogP contribution in [0, 0.1) is 18.2 Å². The lowest BCUT2D eigenvalue weighted by Gasteiger charge is -2.21. The van der Waals surface area contributed by atoms with E-state index in [4.69, 9.17) is 4.98 Å². The molecule has 1 aliphatic heterocycles. The second-order valence-electron chi connectivity index (χ2n) is 8.20. The SMILES string of the molecule is Cc1cc2c(nc1NC(=O)CC(C)(C)C)CCN2Cc1ccc(F)cc1.